The van der Waals surface area contributed by atoms with Gasteiger partial charge in [-0.2, -0.15) is 0 Å². The van der Waals surface area contributed by atoms with Crippen LogP contribution in [0.25, 0.3) is 0 Å². The summed E-state index contributed by atoms with van der Waals surface area (Å²) in [5, 5.41) is 5.09. The molecule has 3 rings (SSSR count). The number of urea groups is 1. The number of nitrogens with zero attached hydrogens (tertiary/aromatic N) is 2. The summed E-state index contributed by atoms with van der Waals surface area (Å²) in [5.41, 5.74) is 1.24. The molecule has 2 aliphatic rings. The quantitative estimate of drug-likeness (QED) is 0.896. The molecule has 2 fully saturated rings. The minimum Gasteiger partial charge on any atom is -0.342 e. The summed E-state index contributed by atoms with van der Waals surface area (Å²) in [6.07, 6.45) is 3.82. The van der Waals surface area contributed by atoms with Crippen LogP contribution in [0.3, 0.4) is 0 Å². The fourth-order valence-electron chi connectivity index (χ4n) is 3.67. The molecule has 3 heterocycles. The minimum atomic E-state index is -0.0104. The first-order chi connectivity index (χ1) is 12.0. The molecule has 0 radical (unpaired) electrons. The van der Waals surface area contributed by atoms with E-state index in [1.807, 2.05) is 9.80 Å². The van der Waals surface area contributed by atoms with Crippen LogP contribution in [0.5, 0.6) is 0 Å². The number of piperidine rings is 2. The van der Waals surface area contributed by atoms with Crippen LogP contribution in [0.1, 0.15) is 43.0 Å². The number of hydrogen-bond donors (Lipinski definition) is 1. The second-order valence-corrected chi connectivity index (χ2v) is 8.51. The molecule has 3 amide bonds. The van der Waals surface area contributed by atoms with Crippen molar-refractivity contribution < 1.29 is 9.59 Å². The van der Waals surface area contributed by atoms with Crippen molar-refractivity contribution in [2.45, 2.75) is 46.1 Å². The third-order valence-electron chi connectivity index (χ3n) is 5.43. The van der Waals surface area contributed by atoms with Gasteiger partial charge in [-0.3, -0.25) is 4.79 Å². The average Bonchev–Trinajstić information content (AvgIpc) is 3.05. The molecule has 0 aliphatic carbocycles. The SMILES string of the molecule is Cc1csc(CNC(=O)N2CCC(C(=O)N3CCC(C)CC3)CC2)c1. The van der Waals surface area contributed by atoms with E-state index in [1.54, 1.807) is 11.3 Å². The van der Waals surface area contributed by atoms with E-state index in [-0.39, 0.29) is 11.9 Å². The molecule has 5 nitrogen and oxygen atoms in total. The van der Waals surface area contributed by atoms with Crippen molar-refractivity contribution in [1.82, 2.24) is 15.1 Å². The molecule has 0 saturated carbocycles. The molecular formula is C19H29N3O2S. The van der Waals surface area contributed by atoms with Gasteiger partial charge in [-0.1, -0.05) is 6.92 Å². The summed E-state index contributed by atoms with van der Waals surface area (Å²) in [6.45, 7) is 8.07. The van der Waals surface area contributed by atoms with E-state index < -0.39 is 0 Å². The fraction of sp³-hybridized carbons (Fsp3) is 0.684. The molecule has 25 heavy (non-hydrogen) atoms. The van der Waals surface area contributed by atoms with E-state index in [2.05, 4.69) is 30.6 Å². The number of aryl methyl sites for hydroxylation is 1. The van der Waals surface area contributed by atoms with E-state index in [0.717, 1.165) is 44.7 Å². The zero-order valence-electron chi connectivity index (χ0n) is 15.3. The standard InChI is InChI=1S/C19H29N3O2S/c1-14-3-7-21(8-4-14)18(23)16-5-9-22(10-6-16)19(24)20-12-17-11-15(2)13-25-17/h11,13-14,16H,3-10,12H2,1-2H3,(H,20,24). The van der Waals surface area contributed by atoms with Crippen LogP contribution in [0.15, 0.2) is 11.4 Å². The lowest BCUT2D eigenvalue weighted by Gasteiger charge is -2.36. The smallest absolute Gasteiger partial charge is 0.317 e. The third-order valence-corrected chi connectivity index (χ3v) is 6.48. The Kier molecular flexibility index (Phi) is 5.99. The molecule has 1 aromatic rings. The molecule has 6 heteroatoms. The number of amides is 3. The van der Waals surface area contributed by atoms with Gasteiger partial charge >= 0.3 is 6.03 Å². The molecule has 2 saturated heterocycles. The second-order valence-electron chi connectivity index (χ2n) is 7.52. The lowest BCUT2D eigenvalue weighted by Crippen LogP contribution is -2.48. The Hall–Kier alpha value is -1.56. The predicted molar refractivity (Wildman–Crippen MR) is 101 cm³/mol. The maximum atomic E-state index is 12.7. The molecule has 0 spiro atoms. The van der Waals surface area contributed by atoms with Crippen molar-refractivity contribution in [2.75, 3.05) is 26.2 Å². The summed E-state index contributed by atoms with van der Waals surface area (Å²) < 4.78 is 0. The molecule has 0 unspecified atom stereocenters. The summed E-state index contributed by atoms with van der Waals surface area (Å²) in [5.74, 6) is 1.14. The molecular weight excluding hydrogens is 334 g/mol. The summed E-state index contributed by atoms with van der Waals surface area (Å²) in [4.78, 5) is 30.0. The second kappa shape index (κ2) is 8.21. The normalized spacial score (nSPS) is 19.9. The summed E-state index contributed by atoms with van der Waals surface area (Å²) >= 11 is 1.67. The number of carbonyl (C=O) groups is 2. The van der Waals surface area contributed by atoms with Crippen LogP contribution in [0.2, 0.25) is 0 Å². The average molecular weight is 364 g/mol. The maximum absolute atomic E-state index is 12.7. The van der Waals surface area contributed by atoms with Gasteiger partial charge in [0.2, 0.25) is 5.91 Å². The first-order valence-electron chi connectivity index (χ1n) is 9.38. The molecule has 0 atom stereocenters. The Balaban J connectivity index is 1.41. The Morgan fingerprint density at radius 1 is 1.12 bits per heavy atom. The van der Waals surface area contributed by atoms with Crippen LogP contribution < -0.4 is 5.32 Å². The van der Waals surface area contributed by atoms with Gasteiger partial charge in [0.15, 0.2) is 0 Å². The highest BCUT2D eigenvalue weighted by atomic mass is 32.1. The largest absolute Gasteiger partial charge is 0.342 e. The number of carbonyl (C=O) groups excluding carboxylic acids is 2. The van der Waals surface area contributed by atoms with Crippen LogP contribution in [0, 0.1) is 18.8 Å². The highest BCUT2D eigenvalue weighted by Gasteiger charge is 2.31. The third kappa shape index (κ3) is 4.75. The van der Waals surface area contributed by atoms with Gasteiger partial charge in [0.1, 0.15) is 0 Å². The molecule has 1 N–H and O–H groups in total. The van der Waals surface area contributed by atoms with Crippen molar-refractivity contribution in [3.8, 4) is 0 Å². The Morgan fingerprint density at radius 3 is 2.36 bits per heavy atom. The number of likely N-dealkylation sites (tertiary alicyclic amines) is 2. The maximum Gasteiger partial charge on any atom is 0.317 e. The van der Waals surface area contributed by atoms with Crippen LogP contribution in [0.4, 0.5) is 4.79 Å². The van der Waals surface area contributed by atoms with Gasteiger partial charge in [-0.05, 0) is 55.5 Å². The van der Waals surface area contributed by atoms with Crippen LogP contribution in [-0.2, 0) is 11.3 Å². The van der Waals surface area contributed by atoms with Crippen molar-refractivity contribution in [1.29, 1.82) is 0 Å². The van der Waals surface area contributed by atoms with E-state index in [0.29, 0.717) is 25.5 Å². The van der Waals surface area contributed by atoms with E-state index in [4.69, 9.17) is 0 Å². The lowest BCUT2D eigenvalue weighted by atomic mass is 9.93. The Labute approximate surface area is 154 Å². The highest BCUT2D eigenvalue weighted by Crippen LogP contribution is 2.23. The molecule has 1 aromatic heterocycles. The monoisotopic (exact) mass is 363 g/mol. The molecule has 2 aliphatic heterocycles. The topological polar surface area (TPSA) is 52.7 Å². The minimum absolute atomic E-state index is 0.0104. The highest BCUT2D eigenvalue weighted by molar-refractivity contribution is 7.10. The summed E-state index contributed by atoms with van der Waals surface area (Å²) in [7, 11) is 0. The lowest BCUT2D eigenvalue weighted by molar-refractivity contribution is -0.138. The molecule has 138 valence electrons. The van der Waals surface area contributed by atoms with E-state index >= 15 is 0 Å². The van der Waals surface area contributed by atoms with Crippen molar-refractivity contribution in [3.63, 3.8) is 0 Å². The predicted octanol–water partition coefficient (Wildman–Crippen LogP) is 3.24. The van der Waals surface area contributed by atoms with Gasteiger partial charge in [0.05, 0.1) is 6.54 Å². The zero-order chi connectivity index (χ0) is 17.8. The van der Waals surface area contributed by atoms with Crippen LogP contribution >= 0.6 is 11.3 Å². The van der Waals surface area contributed by atoms with Gasteiger partial charge in [0, 0.05) is 37.0 Å². The number of nitrogens with one attached hydrogen (secondary N) is 1. The number of hydrogen-bond acceptors (Lipinski definition) is 3. The van der Waals surface area contributed by atoms with Gasteiger partial charge in [-0.25, -0.2) is 4.79 Å². The van der Waals surface area contributed by atoms with Crippen LogP contribution in [-0.4, -0.2) is 47.9 Å². The van der Waals surface area contributed by atoms with Crippen molar-refractivity contribution in [2.24, 2.45) is 11.8 Å². The molecule has 0 bridgehead atoms. The Bertz CT molecular complexity index is 600. The molecule has 0 aromatic carbocycles. The Morgan fingerprint density at radius 2 is 1.76 bits per heavy atom. The van der Waals surface area contributed by atoms with Crippen molar-refractivity contribution >= 4 is 23.3 Å². The van der Waals surface area contributed by atoms with E-state index in [1.165, 1.54) is 10.4 Å². The number of thiophene rings is 1. The first-order valence-corrected chi connectivity index (χ1v) is 10.3. The van der Waals surface area contributed by atoms with E-state index in [9.17, 15) is 9.59 Å². The van der Waals surface area contributed by atoms with Gasteiger partial charge < -0.3 is 15.1 Å². The summed E-state index contributed by atoms with van der Waals surface area (Å²) in [6, 6.07) is 2.10. The number of rotatable bonds is 3. The zero-order valence-corrected chi connectivity index (χ0v) is 16.1. The fourth-order valence-corrected chi connectivity index (χ4v) is 4.49. The first kappa shape index (κ1) is 18.2. The van der Waals surface area contributed by atoms with Crippen molar-refractivity contribution in [3.05, 3.63) is 21.9 Å². The van der Waals surface area contributed by atoms with Gasteiger partial charge in [0.25, 0.3) is 0 Å². The van der Waals surface area contributed by atoms with Gasteiger partial charge in [-0.15, -0.1) is 11.3 Å².